The van der Waals surface area contributed by atoms with Crippen LogP contribution in [-0.4, -0.2) is 11.6 Å². The van der Waals surface area contributed by atoms with Crippen molar-refractivity contribution in [2.75, 3.05) is 0 Å². The first-order valence-electron chi connectivity index (χ1n) is 4.65. The van der Waals surface area contributed by atoms with E-state index in [0.29, 0.717) is 12.2 Å². The molecule has 2 aliphatic carbocycles. The molecule has 0 radical (unpaired) electrons. The first-order valence-corrected chi connectivity index (χ1v) is 4.65. The molecule has 2 heteroatoms. The summed E-state index contributed by atoms with van der Waals surface area (Å²) in [5.41, 5.74) is -0.613. The Hall–Kier alpha value is -0.920. The van der Waals surface area contributed by atoms with Gasteiger partial charge in [0.05, 0.1) is 0 Å². The number of fused-ring (bicyclic) bond motifs is 1. The van der Waals surface area contributed by atoms with Gasteiger partial charge in [0.15, 0.2) is 5.78 Å². The third-order valence-corrected chi connectivity index (χ3v) is 3.36. The molecule has 0 N–H and O–H groups in total. The maximum atomic E-state index is 11.6. The van der Waals surface area contributed by atoms with Crippen molar-refractivity contribution in [2.45, 2.75) is 27.2 Å². The van der Waals surface area contributed by atoms with Gasteiger partial charge in [0, 0.05) is 16.7 Å². The molecule has 1 fully saturated rings. The van der Waals surface area contributed by atoms with E-state index in [4.69, 9.17) is 0 Å². The molecule has 2 nitrogen and oxygen atoms in total. The van der Waals surface area contributed by atoms with Crippen molar-refractivity contribution >= 4 is 11.6 Å². The highest BCUT2D eigenvalue weighted by Gasteiger charge is 2.62. The maximum Gasteiger partial charge on any atom is 0.161 e. The lowest BCUT2D eigenvalue weighted by Crippen LogP contribution is -2.25. The summed E-state index contributed by atoms with van der Waals surface area (Å²) in [5.74, 6) is 0.455. The molecule has 0 heterocycles. The fourth-order valence-corrected chi connectivity index (χ4v) is 2.39. The summed E-state index contributed by atoms with van der Waals surface area (Å²) in [7, 11) is 0. The van der Waals surface area contributed by atoms with Crippen molar-refractivity contribution in [3.05, 3.63) is 12.2 Å². The lowest BCUT2D eigenvalue weighted by Gasteiger charge is -2.23. The summed E-state index contributed by atoms with van der Waals surface area (Å²) in [5, 5.41) is 0. The molecule has 0 amide bonds. The largest absolute Gasteiger partial charge is 0.298 e. The summed E-state index contributed by atoms with van der Waals surface area (Å²) in [4.78, 5) is 23.0. The van der Waals surface area contributed by atoms with Gasteiger partial charge in [-0.05, 0) is 12.5 Å². The standard InChI is InChI=1S/C11H14O2/c1-10(2)6-11(3)7(9(11)13)4-5-8(10)12/h4-5,7H,6H2,1-3H3. The monoisotopic (exact) mass is 178 g/mol. The zero-order valence-electron chi connectivity index (χ0n) is 8.26. The molecule has 0 aromatic rings. The Morgan fingerprint density at radius 1 is 1.31 bits per heavy atom. The molecule has 2 atom stereocenters. The number of carbonyl (C=O) groups is 2. The molecule has 2 unspecified atom stereocenters. The van der Waals surface area contributed by atoms with Gasteiger partial charge in [0.25, 0.3) is 0 Å². The van der Waals surface area contributed by atoms with E-state index in [2.05, 4.69) is 0 Å². The molecule has 0 aromatic heterocycles. The fraction of sp³-hybridized carbons (Fsp3) is 0.636. The van der Waals surface area contributed by atoms with Crippen LogP contribution in [0.25, 0.3) is 0 Å². The lowest BCUT2D eigenvalue weighted by molar-refractivity contribution is -0.123. The average Bonchev–Trinajstić information content (AvgIpc) is 2.50. The molecule has 0 spiro atoms. The highest BCUT2D eigenvalue weighted by atomic mass is 16.1. The molecule has 0 bridgehead atoms. The summed E-state index contributed by atoms with van der Waals surface area (Å²) in [6.45, 7) is 5.79. The van der Waals surface area contributed by atoms with Crippen LogP contribution in [-0.2, 0) is 9.59 Å². The minimum absolute atomic E-state index is 0.0122. The van der Waals surface area contributed by atoms with Gasteiger partial charge >= 0.3 is 0 Å². The number of Topliss-reactive ketones (excluding diaryl/α,β-unsaturated/α-hetero) is 1. The van der Waals surface area contributed by atoms with Gasteiger partial charge in [0.1, 0.15) is 5.78 Å². The quantitative estimate of drug-likeness (QED) is 0.566. The van der Waals surface area contributed by atoms with Crippen LogP contribution in [0.15, 0.2) is 12.2 Å². The molecule has 70 valence electrons. The normalized spacial score (nSPS) is 41.3. The van der Waals surface area contributed by atoms with Gasteiger partial charge in [-0.15, -0.1) is 0 Å². The fourth-order valence-electron chi connectivity index (χ4n) is 2.39. The Morgan fingerprint density at radius 2 is 1.92 bits per heavy atom. The van der Waals surface area contributed by atoms with E-state index >= 15 is 0 Å². The van der Waals surface area contributed by atoms with Gasteiger partial charge < -0.3 is 0 Å². The van der Waals surface area contributed by atoms with E-state index in [-0.39, 0.29) is 22.5 Å². The van der Waals surface area contributed by atoms with Gasteiger partial charge in [0.2, 0.25) is 0 Å². The van der Waals surface area contributed by atoms with E-state index in [1.807, 2.05) is 20.8 Å². The Morgan fingerprint density at radius 3 is 2.54 bits per heavy atom. The van der Waals surface area contributed by atoms with E-state index in [9.17, 15) is 9.59 Å². The van der Waals surface area contributed by atoms with Gasteiger partial charge in [-0.3, -0.25) is 9.59 Å². The molecule has 0 saturated heterocycles. The zero-order chi connectivity index (χ0) is 9.85. The van der Waals surface area contributed by atoms with Crippen molar-refractivity contribution < 1.29 is 9.59 Å². The molecular formula is C11H14O2. The summed E-state index contributed by atoms with van der Waals surface area (Å²) < 4.78 is 0. The second-order valence-electron chi connectivity index (χ2n) is 5.04. The Kier molecular flexibility index (Phi) is 1.41. The number of carbonyl (C=O) groups excluding carboxylic acids is 2. The molecule has 2 aliphatic rings. The summed E-state index contributed by atoms with van der Waals surface area (Å²) in [6, 6.07) is 0. The molecular weight excluding hydrogens is 164 g/mol. The third-order valence-electron chi connectivity index (χ3n) is 3.36. The number of allylic oxidation sites excluding steroid dienone is 2. The maximum absolute atomic E-state index is 11.6. The Labute approximate surface area is 78.0 Å². The lowest BCUT2D eigenvalue weighted by atomic mass is 9.79. The van der Waals surface area contributed by atoms with Crippen LogP contribution in [0.4, 0.5) is 0 Å². The van der Waals surface area contributed by atoms with Crippen molar-refractivity contribution in [3.8, 4) is 0 Å². The van der Waals surface area contributed by atoms with Crippen molar-refractivity contribution in [1.82, 2.24) is 0 Å². The number of ketones is 2. The summed E-state index contributed by atoms with van der Waals surface area (Å²) >= 11 is 0. The topological polar surface area (TPSA) is 34.1 Å². The molecule has 1 saturated carbocycles. The van der Waals surface area contributed by atoms with Crippen LogP contribution in [0.3, 0.4) is 0 Å². The minimum Gasteiger partial charge on any atom is -0.298 e. The van der Waals surface area contributed by atoms with Crippen molar-refractivity contribution in [2.24, 2.45) is 16.7 Å². The van der Waals surface area contributed by atoms with Crippen LogP contribution in [0, 0.1) is 16.7 Å². The van der Waals surface area contributed by atoms with Crippen LogP contribution in [0.2, 0.25) is 0 Å². The first kappa shape index (κ1) is 8.67. The van der Waals surface area contributed by atoms with Gasteiger partial charge in [-0.1, -0.05) is 26.8 Å². The van der Waals surface area contributed by atoms with Crippen LogP contribution in [0.5, 0.6) is 0 Å². The SMILES string of the molecule is CC1(C)CC2(C)C(=O)C2C=CC1=O. The molecule has 13 heavy (non-hydrogen) atoms. The molecule has 0 aliphatic heterocycles. The van der Waals surface area contributed by atoms with Crippen molar-refractivity contribution in [1.29, 1.82) is 0 Å². The van der Waals surface area contributed by atoms with E-state index in [1.54, 1.807) is 12.2 Å². The second-order valence-corrected chi connectivity index (χ2v) is 5.04. The number of hydrogen-bond donors (Lipinski definition) is 0. The van der Waals surface area contributed by atoms with Gasteiger partial charge in [-0.2, -0.15) is 0 Å². The van der Waals surface area contributed by atoms with Crippen LogP contribution >= 0.6 is 0 Å². The number of hydrogen-bond acceptors (Lipinski definition) is 2. The molecule has 2 rings (SSSR count). The van der Waals surface area contributed by atoms with Crippen LogP contribution in [0.1, 0.15) is 27.2 Å². The molecule has 0 aromatic carbocycles. The van der Waals surface area contributed by atoms with Gasteiger partial charge in [-0.25, -0.2) is 0 Å². The van der Waals surface area contributed by atoms with Crippen LogP contribution < -0.4 is 0 Å². The van der Waals surface area contributed by atoms with Crippen molar-refractivity contribution in [3.63, 3.8) is 0 Å². The predicted octanol–water partition coefficient (Wildman–Crippen LogP) is 1.75. The average molecular weight is 178 g/mol. The second kappa shape index (κ2) is 2.11. The predicted molar refractivity (Wildman–Crippen MR) is 49.1 cm³/mol. The summed E-state index contributed by atoms with van der Waals surface area (Å²) in [6.07, 6.45) is 4.05. The van der Waals surface area contributed by atoms with E-state index in [0.717, 1.165) is 0 Å². The Balaban J connectivity index is 2.38. The minimum atomic E-state index is -0.369. The number of rotatable bonds is 0. The first-order chi connectivity index (χ1) is 5.88. The third kappa shape index (κ3) is 1.01. The Bertz CT molecular complexity index is 322. The van der Waals surface area contributed by atoms with E-state index < -0.39 is 0 Å². The highest BCUT2D eigenvalue weighted by molar-refractivity contribution is 6.08. The zero-order valence-corrected chi connectivity index (χ0v) is 8.26. The van der Waals surface area contributed by atoms with E-state index in [1.165, 1.54) is 0 Å². The highest BCUT2D eigenvalue weighted by Crippen LogP contribution is 2.56. The smallest absolute Gasteiger partial charge is 0.161 e.